The van der Waals surface area contributed by atoms with E-state index in [9.17, 15) is 4.79 Å². The summed E-state index contributed by atoms with van der Waals surface area (Å²) >= 11 is 0. The molecule has 0 atom stereocenters. The minimum Gasteiger partial charge on any atom is -0.321 e. The third-order valence-corrected chi connectivity index (χ3v) is 2.54. The van der Waals surface area contributed by atoms with Gasteiger partial charge in [0, 0.05) is 24.2 Å². The molecule has 3 aromatic rings. The molecule has 0 bridgehead atoms. The lowest BCUT2D eigenvalue weighted by Crippen LogP contribution is -2.12. The largest absolute Gasteiger partial charge is 0.321 e. The zero-order valence-electron chi connectivity index (χ0n) is 9.29. The van der Waals surface area contributed by atoms with Gasteiger partial charge in [-0.25, -0.2) is 4.98 Å². The summed E-state index contributed by atoms with van der Waals surface area (Å²) in [5.74, 6) is -0.189. The molecular formula is C12H9N5O. The highest BCUT2D eigenvalue weighted by molar-refractivity contribution is 6.08. The first-order valence-electron chi connectivity index (χ1n) is 5.34. The van der Waals surface area contributed by atoms with Crippen molar-refractivity contribution < 1.29 is 4.79 Å². The van der Waals surface area contributed by atoms with Crippen LogP contribution in [-0.4, -0.2) is 26.1 Å². The molecule has 0 radical (unpaired) electrons. The first-order valence-corrected chi connectivity index (χ1v) is 5.34. The van der Waals surface area contributed by atoms with Gasteiger partial charge in [-0.05, 0) is 18.2 Å². The summed E-state index contributed by atoms with van der Waals surface area (Å²) < 4.78 is 0. The quantitative estimate of drug-likeness (QED) is 0.711. The predicted octanol–water partition coefficient (Wildman–Crippen LogP) is 1.61. The minimum absolute atomic E-state index is 0.189. The molecule has 3 rings (SSSR count). The maximum absolute atomic E-state index is 12.0. The van der Waals surface area contributed by atoms with E-state index in [1.807, 2.05) is 0 Å². The van der Waals surface area contributed by atoms with E-state index in [2.05, 4.69) is 25.5 Å². The number of pyridine rings is 2. The summed E-state index contributed by atoms with van der Waals surface area (Å²) in [5, 5.41) is 10.2. The molecule has 0 saturated heterocycles. The zero-order chi connectivity index (χ0) is 12.4. The van der Waals surface area contributed by atoms with E-state index in [0.29, 0.717) is 16.9 Å². The lowest BCUT2D eigenvalue weighted by Gasteiger charge is -2.05. The second kappa shape index (κ2) is 4.25. The van der Waals surface area contributed by atoms with Crippen molar-refractivity contribution in [3.05, 3.63) is 48.5 Å². The third-order valence-electron chi connectivity index (χ3n) is 2.54. The molecule has 0 aliphatic rings. The Balaban J connectivity index is 1.93. The van der Waals surface area contributed by atoms with E-state index < -0.39 is 0 Å². The van der Waals surface area contributed by atoms with Gasteiger partial charge in [0.1, 0.15) is 0 Å². The summed E-state index contributed by atoms with van der Waals surface area (Å²) in [6.07, 6.45) is 6.40. The van der Waals surface area contributed by atoms with Crippen molar-refractivity contribution in [1.82, 2.24) is 20.2 Å². The molecule has 2 N–H and O–H groups in total. The van der Waals surface area contributed by atoms with Gasteiger partial charge in [-0.1, -0.05) is 0 Å². The maximum atomic E-state index is 12.0. The monoisotopic (exact) mass is 239 g/mol. The average molecular weight is 239 g/mol. The second-order valence-electron chi connectivity index (χ2n) is 3.68. The van der Waals surface area contributed by atoms with Crippen LogP contribution < -0.4 is 5.32 Å². The van der Waals surface area contributed by atoms with Crippen LogP contribution in [-0.2, 0) is 0 Å². The van der Waals surface area contributed by atoms with E-state index in [0.717, 1.165) is 5.39 Å². The molecule has 3 heterocycles. The molecule has 0 unspecified atom stereocenters. The van der Waals surface area contributed by atoms with Crippen LogP contribution in [0.1, 0.15) is 10.4 Å². The van der Waals surface area contributed by atoms with Crippen molar-refractivity contribution in [3.63, 3.8) is 0 Å². The highest BCUT2D eigenvalue weighted by atomic mass is 16.1. The van der Waals surface area contributed by atoms with Gasteiger partial charge < -0.3 is 5.32 Å². The van der Waals surface area contributed by atoms with Gasteiger partial charge in [0.15, 0.2) is 5.65 Å². The van der Waals surface area contributed by atoms with Gasteiger partial charge in [0.05, 0.1) is 17.3 Å². The lowest BCUT2D eigenvalue weighted by atomic mass is 10.2. The van der Waals surface area contributed by atoms with Gasteiger partial charge in [-0.2, -0.15) is 5.10 Å². The number of hydrogen-bond acceptors (Lipinski definition) is 4. The molecule has 0 fully saturated rings. The Kier molecular flexibility index (Phi) is 2.45. The smallest absolute Gasteiger partial charge is 0.255 e. The van der Waals surface area contributed by atoms with E-state index in [1.165, 1.54) is 0 Å². The van der Waals surface area contributed by atoms with Crippen molar-refractivity contribution in [1.29, 1.82) is 0 Å². The molecule has 6 heteroatoms. The van der Waals surface area contributed by atoms with Crippen LogP contribution in [0.3, 0.4) is 0 Å². The normalized spacial score (nSPS) is 10.4. The Labute approximate surface area is 102 Å². The van der Waals surface area contributed by atoms with Gasteiger partial charge in [0.2, 0.25) is 0 Å². The first kappa shape index (κ1) is 10.4. The highest BCUT2D eigenvalue weighted by Crippen LogP contribution is 2.19. The van der Waals surface area contributed by atoms with Gasteiger partial charge in [-0.15, -0.1) is 0 Å². The summed E-state index contributed by atoms with van der Waals surface area (Å²) in [6.45, 7) is 0. The van der Waals surface area contributed by atoms with E-state index in [1.54, 1.807) is 43.0 Å². The minimum atomic E-state index is -0.189. The summed E-state index contributed by atoms with van der Waals surface area (Å²) in [5.41, 5.74) is 1.87. The topological polar surface area (TPSA) is 83.6 Å². The Hall–Kier alpha value is -2.76. The molecule has 0 aliphatic heterocycles. The number of rotatable bonds is 2. The second-order valence-corrected chi connectivity index (χ2v) is 3.68. The molecule has 1 amide bonds. The fourth-order valence-electron chi connectivity index (χ4n) is 1.66. The van der Waals surface area contributed by atoms with Gasteiger partial charge in [0.25, 0.3) is 5.91 Å². The lowest BCUT2D eigenvalue weighted by molar-refractivity contribution is 0.102. The van der Waals surface area contributed by atoms with Crippen molar-refractivity contribution in [3.8, 4) is 0 Å². The molecule has 0 aromatic carbocycles. The number of carbonyl (C=O) groups is 1. The van der Waals surface area contributed by atoms with Crippen LogP contribution in [0, 0.1) is 0 Å². The maximum Gasteiger partial charge on any atom is 0.255 e. The van der Waals surface area contributed by atoms with E-state index in [-0.39, 0.29) is 5.91 Å². The van der Waals surface area contributed by atoms with Crippen LogP contribution in [0.4, 0.5) is 5.69 Å². The van der Waals surface area contributed by atoms with Crippen molar-refractivity contribution in [2.45, 2.75) is 0 Å². The number of amides is 1. The standard InChI is InChI=1S/C12H9N5O/c18-12(8-1-4-13-5-2-8)16-10-3-6-14-11-9(10)7-15-17-11/h1-7H,(H2,14,15,16,17,18). The van der Waals surface area contributed by atoms with Crippen LogP contribution in [0.2, 0.25) is 0 Å². The predicted molar refractivity (Wildman–Crippen MR) is 66.1 cm³/mol. The van der Waals surface area contributed by atoms with Crippen LogP contribution in [0.5, 0.6) is 0 Å². The summed E-state index contributed by atoms with van der Waals surface area (Å²) in [4.78, 5) is 20.0. The van der Waals surface area contributed by atoms with Crippen molar-refractivity contribution >= 4 is 22.6 Å². The van der Waals surface area contributed by atoms with Crippen molar-refractivity contribution in [2.24, 2.45) is 0 Å². The van der Waals surface area contributed by atoms with Crippen molar-refractivity contribution in [2.75, 3.05) is 5.32 Å². The Morgan fingerprint density at radius 3 is 2.83 bits per heavy atom. The zero-order valence-corrected chi connectivity index (χ0v) is 9.29. The molecule has 0 saturated carbocycles. The number of fused-ring (bicyclic) bond motifs is 1. The van der Waals surface area contributed by atoms with Crippen LogP contribution in [0.25, 0.3) is 11.0 Å². The number of hydrogen-bond donors (Lipinski definition) is 2. The molecule has 18 heavy (non-hydrogen) atoms. The van der Waals surface area contributed by atoms with E-state index in [4.69, 9.17) is 0 Å². The SMILES string of the molecule is O=C(Nc1ccnc2[nH]ncc12)c1ccncc1. The number of H-pyrrole nitrogens is 1. The summed E-state index contributed by atoms with van der Waals surface area (Å²) in [7, 11) is 0. The molecule has 0 aliphatic carbocycles. The van der Waals surface area contributed by atoms with Gasteiger partial charge in [-0.3, -0.25) is 14.9 Å². The highest BCUT2D eigenvalue weighted by Gasteiger charge is 2.09. The number of aromatic amines is 1. The Morgan fingerprint density at radius 1 is 1.17 bits per heavy atom. The third kappa shape index (κ3) is 1.80. The van der Waals surface area contributed by atoms with E-state index >= 15 is 0 Å². The number of carbonyl (C=O) groups excluding carboxylic acids is 1. The Morgan fingerprint density at radius 2 is 2.00 bits per heavy atom. The summed E-state index contributed by atoms with van der Waals surface area (Å²) in [6, 6.07) is 5.04. The van der Waals surface area contributed by atoms with Crippen LogP contribution >= 0.6 is 0 Å². The van der Waals surface area contributed by atoms with Gasteiger partial charge >= 0.3 is 0 Å². The number of anilines is 1. The molecule has 6 nitrogen and oxygen atoms in total. The fraction of sp³-hybridized carbons (Fsp3) is 0. The average Bonchev–Trinajstić information content (AvgIpc) is 2.89. The number of aromatic nitrogens is 4. The molecule has 3 aromatic heterocycles. The fourth-order valence-corrected chi connectivity index (χ4v) is 1.66. The first-order chi connectivity index (χ1) is 8.84. The Bertz CT molecular complexity index is 692. The number of nitrogens with one attached hydrogen (secondary N) is 2. The molecular weight excluding hydrogens is 230 g/mol. The molecule has 88 valence electrons. The van der Waals surface area contributed by atoms with Crippen LogP contribution in [0.15, 0.2) is 43.0 Å². The number of nitrogens with zero attached hydrogens (tertiary/aromatic N) is 3. The molecule has 0 spiro atoms.